The van der Waals surface area contributed by atoms with Gasteiger partial charge < -0.3 is 9.80 Å². The van der Waals surface area contributed by atoms with Crippen LogP contribution in [-0.2, 0) is 10.8 Å². The monoisotopic (exact) mass is 1810 g/mol. The zero-order chi connectivity index (χ0) is 89.6. The third-order valence-electron chi connectivity index (χ3n) is 28.5. The normalized spacial score (nSPS) is 13.5. The molecule has 14 rings (SSSR count). The van der Waals surface area contributed by atoms with Crippen molar-refractivity contribution in [2.24, 2.45) is 5.92 Å². The van der Waals surface area contributed by atoms with Crippen LogP contribution in [0.2, 0.25) is 0 Å². The molecule has 0 spiro atoms. The molecule has 5 unspecified atom stereocenters. The Bertz CT molecular complexity index is 5170. The molecule has 0 saturated carbocycles. The van der Waals surface area contributed by atoms with Crippen LogP contribution in [0.15, 0.2) is 328 Å². The molecule has 0 aromatic heterocycles. The van der Waals surface area contributed by atoms with Gasteiger partial charge in [-0.05, 0) is 300 Å². The van der Waals surface area contributed by atoms with Crippen LogP contribution in [0.5, 0.6) is 0 Å². The fraction of sp³-hybridized carbons (Fsp3) is 0.382. The fourth-order valence-electron chi connectivity index (χ4n) is 21.3. The van der Waals surface area contributed by atoms with E-state index in [9.17, 15) is 0 Å². The molecule has 12 aromatic carbocycles. The van der Waals surface area contributed by atoms with Crippen LogP contribution in [0.4, 0.5) is 34.1 Å². The number of thiol groups is 1. The maximum Gasteiger partial charge on any atom is 0 e. The Balaban J connectivity index is 0.000000259. The number of benzene rings is 12. The topological polar surface area (TPSA) is 6.48 Å². The minimum absolute atomic E-state index is 0. The van der Waals surface area contributed by atoms with Crippen LogP contribution in [-0.4, -0.2) is 5.43 Å². The third-order valence-corrected chi connectivity index (χ3v) is 28.5. The van der Waals surface area contributed by atoms with Gasteiger partial charge in [-0.3, -0.25) is 0 Å². The summed E-state index contributed by atoms with van der Waals surface area (Å²) in [6.07, 6.45) is 46.6. The average molecular weight is 1810 g/mol. The number of allylic oxidation sites excluding steroid dienone is 3. The number of anilines is 6. The number of para-hydroxylation sites is 4. The van der Waals surface area contributed by atoms with Crippen LogP contribution in [0.25, 0.3) is 44.5 Å². The second-order valence-corrected chi connectivity index (χ2v) is 37.8. The third kappa shape index (κ3) is 28.0. The largest absolute Gasteiger partial charge is 0 e. The maximum atomic E-state index is 4.20. The number of unbranched alkanes of at least 4 members (excludes halogenated alkanes) is 13. The molecule has 130 heavy (non-hydrogen) atoms. The van der Waals surface area contributed by atoms with E-state index in [4.69, 9.17) is 0 Å². The van der Waals surface area contributed by atoms with Gasteiger partial charge in [0.05, 0.1) is 0 Å². The molecule has 7 heteroatoms. The molecule has 0 radical (unpaired) electrons. The van der Waals surface area contributed by atoms with Crippen molar-refractivity contribution in [3.05, 3.63) is 373 Å². The summed E-state index contributed by atoms with van der Waals surface area (Å²) in [5.41, 5.74) is 31.6. The molecule has 12 aromatic rings. The number of fused-ring (bicyclic) bond motifs is 6. The molecule has 0 amide bonds. The number of hydrogen-bond donors (Lipinski definition) is 1. The summed E-state index contributed by atoms with van der Waals surface area (Å²) in [6.45, 7) is 22.8. The Morgan fingerprint density at radius 2 is 0.631 bits per heavy atom. The minimum Gasteiger partial charge on any atom is 0 e. The van der Waals surface area contributed by atoms with Crippen molar-refractivity contribution >= 4 is 64.1 Å². The van der Waals surface area contributed by atoms with E-state index in [1.54, 1.807) is 11.1 Å². The van der Waals surface area contributed by atoms with E-state index in [-0.39, 0.29) is 86.3 Å². The molecule has 0 aliphatic heterocycles. The summed E-state index contributed by atoms with van der Waals surface area (Å²) in [5.74, 6) is 2.88. The quantitative estimate of drug-likeness (QED) is 0.0176. The Kier molecular flexibility index (Phi) is 45.4. The molecular formula is C123H149Ar2BN2S2. The Morgan fingerprint density at radius 1 is 0.323 bits per heavy atom. The van der Waals surface area contributed by atoms with Gasteiger partial charge in [0.1, 0.15) is 0 Å². The van der Waals surface area contributed by atoms with Crippen LogP contribution >= 0.6 is 24.5 Å². The van der Waals surface area contributed by atoms with Crippen molar-refractivity contribution in [1.82, 2.24) is 0 Å². The molecule has 0 heterocycles. The molecule has 2 nitrogen and oxygen atoms in total. The maximum absolute atomic E-state index is 4.20. The molecule has 2 aliphatic rings. The zero-order valence-corrected chi connectivity index (χ0v) is 83.0. The molecule has 682 valence electrons. The molecule has 0 saturated heterocycles. The second kappa shape index (κ2) is 56.3. The van der Waals surface area contributed by atoms with Gasteiger partial charge in [0.15, 0.2) is 0 Å². The Morgan fingerprint density at radius 3 is 0.985 bits per heavy atom. The molecule has 0 bridgehead atoms. The van der Waals surface area contributed by atoms with Gasteiger partial charge in [0.2, 0.25) is 0 Å². The molecule has 2 aliphatic carbocycles. The number of nitrogens with zero attached hydrogens (tertiary/aromatic N) is 2. The van der Waals surface area contributed by atoms with E-state index in [1.807, 2.05) is 0 Å². The van der Waals surface area contributed by atoms with Crippen molar-refractivity contribution in [2.75, 3.05) is 9.80 Å². The van der Waals surface area contributed by atoms with Crippen molar-refractivity contribution in [3.63, 3.8) is 0 Å². The number of rotatable bonds is 49. The van der Waals surface area contributed by atoms with Crippen molar-refractivity contribution < 1.29 is 75.5 Å². The van der Waals surface area contributed by atoms with Crippen molar-refractivity contribution in [2.45, 2.75) is 295 Å². The Labute approximate surface area is 858 Å². The zero-order valence-electron chi connectivity index (χ0n) is 79.9. The van der Waals surface area contributed by atoms with E-state index in [0.29, 0.717) is 29.6 Å². The summed E-state index contributed by atoms with van der Waals surface area (Å²) < 4.78 is 0. The average Bonchev–Trinajstić information content (AvgIpc) is 1.56. The molecule has 5 atom stereocenters. The summed E-state index contributed by atoms with van der Waals surface area (Å²) in [5, 5.41) is 0. The van der Waals surface area contributed by atoms with Gasteiger partial charge in [0.25, 0.3) is 0 Å². The van der Waals surface area contributed by atoms with E-state index in [2.05, 4.69) is 418 Å². The first kappa shape index (κ1) is 105. The second-order valence-electron chi connectivity index (χ2n) is 37.0. The van der Waals surface area contributed by atoms with E-state index in [0.717, 1.165) is 6.42 Å². The van der Waals surface area contributed by atoms with E-state index in [1.165, 1.54) is 316 Å². The molecule has 0 N–H and O–H groups in total. The Hall–Kier alpha value is -7.13. The van der Waals surface area contributed by atoms with Gasteiger partial charge in [-0.15, -0.1) is 6.58 Å². The van der Waals surface area contributed by atoms with Crippen LogP contribution in [0, 0.1) is 81.4 Å². The molecular weight excluding hydrogens is 1660 g/mol. The van der Waals surface area contributed by atoms with Gasteiger partial charge in [-0.2, -0.15) is 0 Å². The summed E-state index contributed by atoms with van der Waals surface area (Å²) >= 11 is 7.61. The molecule has 0 fully saturated rings. The van der Waals surface area contributed by atoms with Crippen LogP contribution in [0.3, 0.4) is 0 Å². The first-order valence-corrected chi connectivity index (χ1v) is 51.0. The van der Waals surface area contributed by atoms with Crippen LogP contribution in [0.1, 0.15) is 329 Å². The van der Waals surface area contributed by atoms with Gasteiger partial charge >= 0.3 is 30.0 Å². The van der Waals surface area contributed by atoms with Crippen LogP contribution < -0.4 is 9.80 Å². The van der Waals surface area contributed by atoms with Crippen molar-refractivity contribution in [3.8, 4) is 44.5 Å². The van der Waals surface area contributed by atoms with Crippen molar-refractivity contribution in [1.29, 1.82) is 0 Å². The number of hydrogen-bond acceptors (Lipinski definition) is 3. The van der Waals surface area contributed by atoms with Gasteiger partial charge in [0, 0.05) is 120 Å². The SMILES string of the molecule is C/C=C/CCC(CCC(CC)c1ccc(-c2ccc3c(c2)C(CCCCCC)(CCCCCC)c2cc(N(c4ccccc4)c4ccccc4)ccc2-3)cc1)c1ccccc1.C=CC(CCCC)CCC(CCC(C)c1ccc(-c2ccc3c(c2)C(CCCCCC)(CCCCCC)c2cc(N(c4ccccc4)c4ccccc4)ccc2-3)cc1)c1ccccc1.S=BS.[Ar].[Ar]. The predicted molar refractivity (Wildman–Crippen MR) is 568 cm³/mol. The van der Waals surface area contributed by atoms with E-state index >= 15 is 0 Å². The fourth-order valence-corrected chi connectivity index (χ4v) is 21.3. The summed E-state index contributed by atoms with van der Waals surface area (Å²) in [7, 11) is 0. The first-order valence-electron chi connectivity index (χ1n) is 50.0. The van der Waals surface area contributed by atoms with Gasteiger partial charge in [-0.1, -0.05) is 401 Å². The van der Waals surface area contributed by atoms with Gasteiger partial charge in [-0.25, -0.2) is 0 Å². The first-order chi connectivity index (χ1) is 63.0. The summed E-state index contributed by atoms with van der Waals surface area (Å²) in [6, 6.07) is 115. The minimum atomic E-state index is -0.0251. The predicted octanol–water partition coefficient (Wildman–Crippen LogP) is 38.6. The standard InChI is InChI=1S/C63H77N.C60H71N.2Ar.BHS2/c1-6-10-13-24-45-63(46-25-14-11-7-2)61-47-55(41-43-59(61)60-44-42-58(48-62(60)63)64(56-29-20-16-21-30-56)57-31-22-17-23-32-57)54-39-37-51(38-40-54)49(5)33-35-53(52-27-18-15-19-28-52)36-34-50(9-4)26-12-8-3;1-5-9-12-24-43-60(44-25-13-10-6-2)58-45-52(51-37-35-50(36-38-51)47(8-4)33-34-49(26-17-11-7-3)48-27-18-14-19-28-48)39-41-56(58)57-42-40-55(46-59(57)60)61(53-29-20-15-21-30-53)54-31-22-16-23-32-54;;;2-1-3/h9,15-23,27-32,37-44,47-50,53H,4,6-8,10-14,24-26,33-36,45-46H2,1-3,5H3;7,11,14-16,18-23,27-32,35-42,45-47,49H,5-6,8-10,12-13,17,24-26,33-34,43-44H2,1-4H3;;;2H/b;11-7+;;;. The summed E-state index contributed by atoms with van der Waals surface area (Å²) in [4.78, 5) is 4.90. The smallest absolute Gasteiger partial charge is 0 e. The van der Waals surface area contributed by atoms with E-state index < -0.39 is 0 Å².